The molecule has 0 aliphatic carbocycles. The van der Waals surface area contributed by atoms with Gasteiger partial charge < -0.3 is 4.98 Å². The van der Waals surface area contributed by atoms with Gasteiger partial charge in [-0.3, -0.25) is 10.1 Å². The lowest BCUT2D eigenvalue weighted by molar-refractivity contribution is -0.401. The number of halogens is 1. The highest BCUT2D eigenvalue weighted by Gasteiger charge is 2.02. The zero-order valence-corrected chi connectivity index (χ0v) is 9.39. The summed E-state index contributed by atoms with van der Waals surface area (Å²) in [4.78, 5) is 16.7. The molecule has 0 bridgehead atoms. The van der Waals surface area contributed by atoms with Gasteiger partial charge in [-0.15, -0.1) is 0 Å². The molecule has 1 aromatic carbocycles. The molecule has 1 heterocycles. The molecular formula is C11H8ClN3O2. The van der Waals surface area contributed by atoms with E-state index in [1.54, 1.807) is 12.1 Å². The summed E-state index contributed by atoms with van der Waals surface area (Å²) in [5.41, 5.74) is 1.45. The Kier molecular flexibility index (Phi) is 3.20. The van der Waals surface area contributed by atoms with Crippen LogP contribution in [0, 0.1) is 10.1 Å². The van der Waals surface area contributed by atoms with Gasteiger partial charge in [-0.05, 0) is 24.3 Å². The fraction of sp³-hybridized carbons (Fsp3) is 0. The summed E-state index contributed by atoms with van der Waals surface area (Å²) in [6, 6.07) is 7.15. The van der Waals surface area contributed by atoms with Crippen molar-refractivity contribution in [2.45, 2.75) is 0 Å². The Morgan fingerprint density at radius 3 is 2.71 bits per heavy atom. The summed E-state index contributed by atoms with van der Waals surface area (Å²) < 4.78 is 0. The molecule has 5 nitrogen and oxygen atoms in total. The molecule has 0 radical (unpaired) electrons. The first-order valence-corrected chi connectivity index (χ1v) is 5.15. The van der Waals surface area contributed by atoms with Crippen LogP contribution in [0.2, 0.25) is 5.02 Å². The average Bonchev–Trinajstić information content (AvgIpc) is 2.76. The molecule has 6 heteroatoms. The molecular weight excluding hydrogens is 242 g/mol. The van der Waals surface area contributed by atoms with E-state index < -0.39 is 4.92 Å². The monoisotopic (exact) mass is 249 g/mol. The number of aromatic nitrogens is 2. The summed E-state index contributed by atoms with van der Waals surface area (Å²) in [5.74, 6) is 0.643. The van der Waals surface area contributed by atoms with E-state index >= 15 is 0 Å². The van der Waals surface area contributed by atoms with Crippen LogP contribution in [0.4, 0.5) is 0 Å². The van der Waals surface area contributed by atoms with E-state index in [0.29, 0.717) is 16.5 Å². The molecule has 0 aliphatic rings. The quantitative estimate of drug-likeness (QED) is 0.671. The minimum absolute atomic E-state index is 0.525. The lowest BCUT2D eigenvalue weighted by Crippen LogP contribution is -1.83. The van der Waals surface area contributed by atoms with Gasteiger partial charge in [0.2, 0.25) is 6.20 Å². The third-order valence-electron chi connectivity index (χ3n) is 2.09. The smallest absolute Gasteiger partial charge is 0.236 e. The zero-order chi connectivity index (χ0) is 12.3. The van der Waals surface area contributed by atoms with Crippen molar-refractivity contribution in [1.29, 1.82) is 0 Å². The van der Waals surface area contributed by atoms with Crippen LogP contribution in [-0.4, -0.2) is 14.9 Å². The summed E-state index contributed by atoms with van der Waals surface area (Å²) in [7, 11) is 0. The Morgan fingerprint density at radius 1 is 1.35 bits per heavy atom. The third-order valence-corrected chi connectivity index (χ3v) is 2.34. The zero-order valence-electron chi connectivity index (χ0n) is 8.63. The number of rotatable bonds is 3. The summed E-state index contributed by atoms with van der Waals surface area (Å²) in [5, 5.41) is 10.8. The van der Waals surface area contributed by atoms with E-state index in [1.807, 2.05) is 12.1 Å². The van der Waals surface area contributed by atoms with Crippen molar-refractivity contribution in [3.63, 3.8) is 0 Å². The molecule has 1 aromatic heterocycles. The summed E-state index contributed by atoms with van der Waals surface area (Å²) >= 11 is 5.77. The van der Waals surface area contributed by atoms with Crippen molar-refractivity contribution < 1.29 is 4.92 Å². The topological polar surface area (TPSA) is 71.8 Å². The van der Waals surface area contributed by atoms with E-state index in [2.05, 4.69) is 9.97 Å². The number of hydrogen-bond acceptors (Lipinski definition) is 3. The highest BCUT2D eigenvalue weighted by molar-refractivity contribution is 6.30. The second kappa shape index (κ2) is 4.80. The van der Waals surface area contributed by atoms with E-state index in [9.17, 15) is 10.1 Å². The number of nitrogens with zero attached hydrogens (tertiary/aromatic N) is 2. The van der Waals surface area contributed by atoms with Crippen LogP contribution in [-0.2, 0) is 0 Å². The maximum Gasteiger partial charge on any atom is 0.236 e. The van der Waals surface area contributed by atoms with Gasteiger partial charge in [0.15, 0.2) is 0 Å². The molecule has 0 aliphatic heterocycles. The van der Waals surface area contributed by atoms with E-state index in [4.69, 9.17) is 11.6 Å². The van der Waals surface area contributed by atoms with E-state index in [1.165, 1.54) is 12.3 Å². The average molecular weight is 250 g/mol. The first-order valence-electron chi connectivity index (χ1n) is 4.78. The molecule has 2 rings (SSSR count). The standard InChI is InChI=1S/C11H8ClN3O2/c12-9-3-1-8(2-4-9)11-13-7-10(14-11)5-6-15(16)17/h1-7H,(H,13,14)/b6-5+. The molecule has 0 atom stereocenters. The number of nitro groups is 1. The van der Waals surface area contributed by atoms with Crippen LogP contribution in [0.1, 0.15) is 5.69 Å². The van der Waals surface area contributed by atoms with Gasteiger partial charge in [0.05, 0.1) is 16.8 Å². The Balaban J connectivity index is 2.23. The van der Waals surface area contributed by atoms with Crippen molar-refractivity contribution >= 4 is 17.7 Å². The molecule has 0 amide bonds. The number of imidazole rings is 1. The summed E-state index contributed by atoms with van der Waals surface area (Å²) in [6.45, 7) is 0. The second-order valence-corrected chi connectivity index (χ2v) is 3.73. The Bertz CT molecular complexity index is 560. The van der Waals surface area contributed by atoms with Crippen LogP contribution < -0.4 is 0 Å². The Hall–Kier alpha value is -2.14. The largest absolute Gasteiger partial charge is 0.338 e. The highest BCUT2D eigenvalue weighted by atomic mass is 35.5. The van der Waals surface area contributed by atoms with Crippen molar-refractivity contribution in [3.8, 4) is 11.4 Å². The molecule has 86 valence electrons. The van der Waals surface area contributed by atoms with Crippen molar-refractivity contribution in [2.24, 2.45) is 0 Å². The normalized spacial score (nSPS) is 10.9. The molecule has 0 fully saturated rings. The molecule has 17 heavy (non-hydrogen) atoms. The number of aromatic amines is 1. The fourth-order valence-corrected chi connectivity index (χ4v) is 1.44. The third kappa shape index (κ3) is 2.92. The van der Waals surface area contributed by atoms with Crippen molar-refractivity contribution in [1.82, 2.24) is 9.97 Å². The van der Waals surface area contributed by atoms with Gasteiger partial charge in [0.25, 0.3) is 0 Å². The minimum atomic E-state index is -0.525. The van der Waals surface area contributed by atoms with Gasteiger partial charge in [-0.2, -0.15) is 0 Å². The van der Waals surface area contributed by atoms with Crippen LogP contribution in [0.5, 0.6) is 0 Å². The van der Waals surface area contributed by atoms with Crippen LogP contribution >= 0.6 is 11.6 Å². The molecule has 1 N–H and O–H groups in total. The Labute approximate surface area is 102 Å². The van der Waals surface area contributed by atoms with Gasteiger partial charge in [0, 0.05) is 16.7 Å². The van der Waals surface area contributed by atoms with Crippen LogP contribution in [0.25, 0.3) is 17.5 Å². The predicted molar refractivity (Wildman–Crippen MR) is 65.1 cm³/mol. The maximum atomic E-state index is 10.2. The van der Waals surface area contributed by atoms with Gasteiger partial charge in [-0.1, -0.05) is 11.6 Å². The predicted octanol–water partition coefficient (Wildman–Crippen LogP) is 2.98. The molecule has 0 unspecified atom stereocenters. The highest BCUT2D eigenvalue weighted by Crippen LogP contribution is 2.18. The lowest BCUT2D eigenvalue weighted by atomic mass is 10.2. The van der Waals surface area contributed by atoms with E-state index in [-0.39, 0.29) is 0 Å². The fourth-order valence-electron chi connectivity index (χ4n) is 1.32. The minimum Gasteiger partial charge on any atom is -0.338 e. The lowest BCUT2D eigenvalue weighted by Gasteiger charge is -1.95. The molecule has 0 saturated heterocycles. The number of benzene rings is 1. The van der Waals surface area contributed by atoms with Crippen molar-refractivity contribution in [3.05, 3.63) is 57.5 Å². The van der Waals surface area contributed by atoms with E-state index in [0.717, 1.165) is 11.8 Å². The molecule has 2 aromatic rings. The second-order valence-electron chi connectivity index (χ2n) is 3.30. The number of hydrogen-bond donors (Lipinski definition) is 1. The summed E-state index contributed by atoms with van der Waals surface area (Å²) in [6.07, 6.45) is 3.75. The molecule has 0 spiro atoms. The maximum absolute atomic E-state index is 10.2. The SMILES string of the molecule is O=[N+]([O-])/C=C/c1cnc(-c2ccc(Cl)cc2)[nH]1. The first-order chi connectivity index (χ1) is 8.15. The number of H-pyrrole nitrogens is 1. The van der Waals surface area contributed by atoms with Gasteiger partial charge >= 0.3 is 0 Å². The Morgan fingerprint density at radius 2 is 2.06 bits per heavy atom. The van der Waals surface area contributed by atoms with Gasteiger partial charge in [-0.25, -0.2) is 4.98 Å². The number of nitrogens with one attached hydrogen (secondary N) is 1. The first kappa shape index (κ1) is 11.3. The van der Waals surface area contributed by atoms with Crippen LogP contribution in [0.15, 0.2) is 36.7 Å². The van der Waals surface area contributed by atoms with Crippen molar-refractivity contribution in [2.75, 3.05) is 0 Å². The molecule has 0 saturated carbocycles. The van der Waals surface area contributed by atoms with Crippen LogP contribution in [0.3, 0.4) is 0 Å². The van der Waals surface area contributed by atoms with Gasteiger partial charge in [0.1, 0.15) is 5.82 Å².